The minimum Gasteiger partial charge on any atom is -0.310 e. The molecule has 2 heterocycles. The van der Waals surface area contributed by atoms with E-state index < -0.39 is 0 Å². The zero-order chi connectivity index (χ0) is 12.3. The molecule has 1 unspecified atom stereocenters. The molecule has 3 nitrogen and oxygen atoms in total. The van der Waals surface area contributed by atoms with Crippen LogP contribution in [-0.4, -0.2) is 41.6 Å². The van der Waals surface area contributed by atoms with Crippen molar-refractivity contribution in [3.8, 4) is 0 Å². The van der Waals surface area contributed by atoms with E-state index in [1.165, 1.54) is 12.0 Å². The molecule has 2 rings (SSSR count). The van der Waals surface area contributed by atoms with Gasteiger partial charge >= 0.3 is 0 Å². The van der Waals surface area contributed by atoms with E-state index in [2.05, 4.69) is 42.2 Å². The van der Waals surface area contributed by atoms with Crippen LogP contribution in [0.15, 0.2) is 24.5 Å². The lowest BCUT2D eigenvalue weighted by Crippen LogP contribution is -2.34. The molecule has 1 N–H and O–H groups in total. The van der Waals surface area contributed by atoms with Crippen molar-refractivity contribution in [1.29, 1.82) is 0 Å². The Balaban J connectivity index is 1.80. The van der Waals surface area contributed by atoms with Gasteiger partial charge in [-0.15, -0.1) is 0 Å². The topological polar surface area (TPSA) is 28.2 Å². The first-order valence-electron chi connectivity index (χ1n) is 6.41. The average Bonchev–Trinajstić information content (AvgIpc) is 2.68. The van der Waals surface area contributed by atoms with Crippen LogP contribution < -0.4 is 5.32 Å². The van der Waals surface area contributed by atoms with Gasteiger partial charge in [0.05, 0.1) is 0 Å². The second kappa shape index (κ2) is 5.15. The van der Waals surface area contributed by atoms with Gasteiger partial charge in [0.15, 0.2) is 0 Å². The Hall–Kier alpha value is -0.930. The summed E-state index contributed by atoms with van der Waals surface area (Å²) in [5, 5.41) is 3.57. The summed E-state index contributed by atoms with van der Waals surface area (Å²) in [6.07, 6.45) is 6.11. The summed E-state index contributed by atoms with van der Waals surface area (Å²) < 4.78 is 0. The molecule has 1 atom stereocenters. The second-order valence-electron chi connectivity index (χ2n) is 5.71. The van der Waals surface area contributed by atoms with Gasteiger partial charge in [-0.2, -0.15) is 0 Å². The number of pyridine rings is 1. The van der Waals surface area contributed by atoms with E-state index in [1.54, 1.807) is 0 Å². The fourth-order valence-corrected chi connectivity index (χ4v) is 2.47. The molecule has 0 radical (unpaired) electrons. The van der Waals surface area contributed by atoms with E-state index in [1.807, 2.05) is 18.5 Å². The molecule has 0 amide bonds. The van der Waals surface area contributed by atoms with Crippen molar-refractivity contribution >= 4 is 0 Å². The lowest BCUT2D eigenvalue weighted by molar-refractivity contribution is 0.251. The average molecular weight is 233 g/mol. The Morgan fingerprint density at radius 3 is 2.94 bits per heavy atom. The number of hydrogen-bond donors (Lipinski definition) is 1. The lowest BCUT2D eigenvalue weighted by Gasteiger charge is -2.24. The van der Waals surface area contributed by atoms with E-state index >= 15 is 0 Å². The normalized spacial score (nSPS) is 23.2. The third-order valence-electron chi connectivity index (χ3n) is 3.66. The third kappa shape index (κ3) is 3.51. The lowest BCUT2D eigenvalue weighted by atomic mass is 10.0. The van der Waals surface area contributed by atoms with Crippen molar-refractivity contribution in [1.82, 2.24) is 15.2 Å². The molecule has 1 fully saturated rings. The van der Waals surface area contributed by atoms with E-state index in [0.717, 1.165) is 19.5 Å². The second-order valence-corrected chi connectivity index (χ2v) is 5.71. The molecule has 1 aliphatic rings. The van der Waals surface area contributed by atoms with Gasteiger partial charge in [0.2, 0.25) is 0 Å². The number of rotatable bonds is 4. The highest BCUT2D eigenvalue weighted by molar-refractivity contribution is 5.08. The first kappa shape index (κ1) is 12.5. The van der Waals surface area contributed by atoms with E-state index in [4.69, 9.17) is 0 Å². The summed E-state index contributed by atoms with van der Waals surface area (Å²) >= 11 is 0. The van der Waals surface area contributed by atoms with Crippen molar-refractivity contribution in [3.05, 3.63) is 30.1 Å². The van der Waals surface area contributed by atoms with Crippen LogP contribution >= 0.6 is 0 Å². The van der Waals surface area contributed by atoms with Gasteiger partial charge in [-0.3, -0.25) is 4.98 Å². The largest absolute Gasteiger partial charge is 0.310 e. The van der Waals surface area contributed by atoms with Crippen molar-refractivity contribution in [2.24, 2.45) is 0 Å². The summed E-state index contributed by atoms with van der Waals surface area (Å²) in [5.74, 6) is 0. The predicted octanol–water partition coefficient (Wildman–Crippen LogP) is 1.70. The molecular weight excluding hydrogens is 210 g/mol. The van der Waals surface area contributed by atoms with Crippen LogP contribution in [0.3, 0.4) is 0 Å². The van der Waals surface area contributed by atoms with E-state index in [0.29, 0.717) is 11.6 Å². The van der Waals surface area contributed by atoms with Crippen LogP contribution in [-0.2, 0) is 6.42 Å². The van der Waals surface area contributed by atoms with Gasteiger partial charge < -0.3 is 10.2 Å². The Labute approximate surface area is 104 Å². The molecule has 0 saturated carbocycles. The molecule has 0 bridgehead atoms. The molecule has 0 aromatic carbocycles. The molecule has 94 valence electrons. The molecule has 1 aromatic rings. The van der Waals surface area contributed by atoms with Crippen molar-refractivity contribution < 1.29 is 0 Å². The summed E-state index contributed by atoms with van der Waals surface area (Å²) in [4.78, 5) is 6.62. The maximum atomic E-state index is 4.15. The highest BCUT2D eigenvalue weighted by Crippen LogP contribution is 2.21. The molecule has 17 heavy (non-hydrogen) atoms. The van der Waals surface area contributed by atoms with Crippen molar-refractivity contribution in [2.75, 3.05) is 20.1 Å². The first-order chi connectivity index (χ1) is 8.07. The molecule has 1 saturated heterocycles. The minimum absolute atomic E-state index is 0.299. The summed E-state index contributed by atoms with van der Waals surface area (Å²) in [7, 11) is 2.23. The molecular formula is C14H23N3. The zero-order valence-corrected chi connectivity index (χ0v) is 11.1. The number of aromatic nitrogens is 1. The number of likely N-dealkylation sites (N-methyl/N-ethyl adjacent to an activating group) is 1. The van der Waals surface area contributed by atoms with Crippen LogP contribution in [0.25, 0.3) is 0 Å². The van der Waals surface area contributed by atoms with Gasteiger partial charge in [-0.1, -0.05) is 6.07 Å². The Morgan fingerprint density at radius 2 is 2.35 bits per heavy atom. The fraction of sp³-hybridized carbons (Fsp3) is 0.643. The first-order valence-corrected chi connectivity index (χ1v) is 6.41. The maximum Gasteiger partial charge on any atom is 0.0300 e. The Morgan fingerprint density at radius 1 is 1.53 bits per heavy atom. The van der Waals surface area contributed by atoms with Crippen LogP contribution in [0.4, 0.5) is 0 Å². The number of hydrogen-bond acceptors (Lipinski definition) is 3. The predicted molar refractivity (Wildman–Crippen MR) is 71.1 cm³/mol. The van der Waals surface area contributed by atoms with Crippen molar-refractivity contribution in [2.45, 2.75) is 38.3 Å². The standard InChI is InChI=1S/C14H23N3/c1-14(2)9-13(11-16-14)17(3)8-6-12-5-4-7-15-10-12/h4-5,7,10,13,16H,6,8-9,11H2,1-3H3. The van der Waals surface area contributed by atoms with Gasteiger partial charge in [0.25, 0.3) is 0 Å². The van der Waals surface area contributed by atoms with Gasteiger partial charge in [-0.05, 0) is 45.4 Å². The van der Waals surface area contributed by atoms with Gasteiger partial charge in [0, 0.05) is 37.1 Å². The monoisotopic (exact) mass is 233 g/mol. The molecule has 0 aliphatic carbocycles. The van der Waals surface area contributed by atoms with Crippen LogP contribution in [0, 0.1) is 0 Å². The Kier molecular flexibility index (Phi) is 3.79. The third-order valence-corrected chi connectivity index (χ3v) is 3.66. The SMILES string of the molecule is CN(CCc1cccnc1)C1CNC(C)(C)C1. The highest BCUT2D eigenvalue weighted by atomic mass is 15.2. The minimum atomic E-state index is 0.299. The summed E-state index contributed by atoms with van der Waals surface area (Å²) in [6, 6.07) is 4.83. The summed E-state index contributed by atoms with van der Waals surface area (Å²) in [5.41, 5.74) is 1.62. The highest BCUT2D eigenvalue weighted by Gasteiger charge is 2.32. The maximum absolute atomic E-state index is 4.15. The smallest absolute Gasteiger partial charge is 0.0300 e. The molecule has 1 aromatic heterocycles. The van der Waals surface area contributed by atoms with E-state index in [9.17, 15) is 0 Å². The fourth-order valence-electron chi connectivity index (χ4n) is 2.47. The molecule has 1 aliphatic heterocycles. The molecule has 0 spiro atoms. The zero-order valence-electron chi connectivity index (χ0n) is 11.1. The molecule has 3 heteroatoms. The van der Waals surface area contributed by atoms with Gasteiger partial charge in [-0.25, -0.2) is 0 Å². The van der Waals surface area contributed by atoms with Crippen molar-refractivity contribution in [3.63, 3.8) is 0 Å². The van der Waals surface area contributed by atoms with E-state index in [-0.39, 0.29) is 0 Å². The van der Waals surface area contributed by atoms with Crippen LogP contribution in [0.2, 0.25) is 0 Å². The number of nitrogens with zero attached hydrogens (tertiary/aromatic N) is 2. The Bertz CT molecular complexity index is 348. The van der Waals surface area contributed by atoms with Crippen LogP contribution in [0.5, 0.6) is 0 Å². The summed E-state index contributed by atoms with van der Waals surface area (Å²) in [6.45, 7) is 6.77. The van der Waals surface area contributed by atoms with Gasteiger partial charge in [0.1, 0.15) is 0 Å². The number of nitrogens with one attached hydrogen (secondary N) is 1. The quantitative estimate of drug-likeness (QED) is 0.858. The van der Waals surface area contributed by atoms with Crippen LogP contribution in [0.1, 0.15) is 25.8 Å².